The highest BCUT2D eigenvalue weighted by atomic mass is 16.5. The van der Waals surface area contributed by atoms with Gasteiger partial charge in [0.1, 0.15) is 0 Å². The Balaban J connectivity index is 1.60. The minimum atomic E-state index is 0.491. The first-order valence-electron chi connectivity index (χ1n) is 6.66. The van der Waals surface area contributed by atoms with Gasteiger partial charge in [0, 0.05) is 6.61 Å². The van der Waals surface area contributed by atoms with Gasteiger partial charge in [0.25, 0.3) is 0 Å². The Morgan fingerprint density at radius 2 is 1.73 bits per heavy atom. The van der Waals surface area contributed by atoms with Crippen LogP contribution in [0.3, 0.4) is 0 Å². The van der Waals surface area contributed by atoms with E-state index in [2.05, 4.69) is 0 Å². The van der Waals surface area contributed by atoms with Gasteiger partial charge in [0.15, 0.2) is 0 Å². The third-order valence-electron chi connectivity index (χ3n) is 4.18. The summed E-state index contributed by atoms with van der Waals surface area (Å²) in [5, 5.41) is 0. The van der Waals surface area contributed by atoms with Crippen LogP contribution in [0.4, 0.5) is 0 Å². The Morgan fingerprint density at radius 3 is 2.27 bits per heavy atom. The molecule has 2 rings (SSSR count). The first kappa shape index (κ1) is 11.4. The van der Waals surface area contributed by atoms with Crippen LogP contribution in [-0.4, -0.2) is 19.3 Å². The molecular weight excluding hydrogens is 186 g/mol. The molecule has 2 fully saturated rings. The van der Waals surface area contributed by atoms with Crippen LogP contribution in [0.15, 0.2) is 0 Å². The lowest BCUT2D eigenvalue weighted by molar-refractivity contribution is 0.0337. The molecule has 2 aliphatic rings. The topological polar surface area (TPSA) is 35.2 Å². The van der Waals surface area contributed by atoms with Crippen LogP contribution in [0, 0.1) is 5.41 Å². The van der Waals surface area contributed by atoms with E-state index in [1.807, 2.05) is 0 Å². The molecule has 2 aliphatic carbocycles. The summed E-state index contributed by atoms with van der Waals surface area (Å²) in [4.78, 5) is 0. The maximum Gasteiger partial charge on any atom is 0.0575 e. The molecule has 0 aromatic rings. The number of nitrogens with two attached hydrogens (primary N) is 1. The van der Waals surface area contributed by atoms with Crippen molar-refractivity contribution in [2.75, 3.05) is 13.2 Å². The highest BCUT2D eigenvalue weighted by Crippen LogP contribution is 2.47. The van der Waals surface area contributed by atoms with Gasteiger partial charge < -0.3 is 10.5 Å². The van der Waals surface area contributed by atoms with Crippen LogP contribution in [0.5, 0.6) is 0 Å². The van der Waals surface area contributed by atoms with Crippen molar-refractivity contribution < 1.29 is 4.74 Å². The fourth-order valence-corrected chi connectivity index (χ4v) is 2.58. The summed E-state index contributed by atoms with van der Waals surface area (Å²) in [5.41, 5.74) is 6.25. The predicted octanol–water partition coefficient (Wildman–Crippen LogP) is 2.85. The molecule has 0 unspecified atom stereocenters. The molecule has 0 heterocycles. The van der Waals surface area contributed by atoms with Crippen LogP contribution < -0.4 is 5.73 Å². The minimum absolute atomic E-state index is 0.491. The Labute approximate surface area is 93.6 Å². The Kier molecular flexibility index (Phi) is 4.04. The molecule has 0 radical (unpaired) electrons. The maximum atomic E-state index is 5.99. The molecule has 0 spiro atoms. The van der Waals surface area contributed by atoms with Crippen molar-refractivity contribution in [2.45, 2.75) is 63.9 Å². The number of hydrogen-bond acceptors (Lipinski definition) is 2. The van der Waals surface area contributed by atoms with E-state index in [-0.39, 0.29) is 0 Å². The molecule has 0 aromatic heterocycles. The summed E-state index contributed by atoms with van der Waals surface area (Å²) in [6, 6.07) is 0. The quantitative estimate of drug-likeness (QED) is 0.710. The van der Waals surface area contributed by atoms with Crippen LogP contribution in [0.2, 0.25) is 0 Å². The smallest absolute Gasteiger partial charge is 0.0575 e. The van der Waals surface area contributed by atoms with Gasteiger partial charge >= 0.3 is 0 Å². The summed E-state index contributed by atoms with van der Waals surface area (Å²) < 4.78 is 5.99. The van der Waals surface area contributed by atoms with Gasteiger partial charge in [-0.25, -0.2) is 0 Å². The lowest BCUT2D eigenvalue weighted by Gasteiger charge is -2.18. The predicted molar refractivity (Wildman–Crippen MR) is 62.8 cm³/mol. The van der Waals surface area contributed by atoms with Crippen LogP contribution in [-0.2, 0) is 4.74 Å². The molecule has 88 valence electrons. The molecule has 15 heavy (non-hydrogen) atoms. The van der Waals surface area contributed by atoms with E-state index in [1.54, 1.807) is 0 Å². The van der Waals surface area contributed by atoms with Crippen molar-refractivity contribution in [3.8, 4) is 0 Å². The molecule has 2 heteroatoms. The molecule has 2 saturated carbocycles. The molecule has 0 bridgehead atoms. The summed E-state index contributed by atoms with van der Waals surface area (Å²) in [6.07, 6.45) is 12.5. The second kappa shape index (κ2) is 5.31. The Morgan fingerprint density at radius 1 is 1.07 bits per heavy atom. The van der Waals surface area contributed by atoms with Gasteiger partial charge in [-0.2, -0.15) is 0 Å². The van der Waals surface area contributed by atoms with Crippen LogP contribution in [0.25, 0.3) is 0 Å². The summed E-state index contributed by atoms with van der Waals surface area (Å²) in [5.74, 6) is 0. The number of ether oxygens (including phenoxy) is 1. The molecular formula is C13H25NO. The third-order valence-corrected chi connectivity index (χ3v) is 4.18. The van der Waals surface area contributed by atoms with Crippen molar-refractivity contribution in [1.82, 2.24) is 0 Å². The normalized spacial score (nSPS) is 26.2. The zero-order valence-electron chi connectivity index (χ0n) is 9.84. The van der Waals surface area contributed by atoms with Gasteiger partial charge in [-0.3, -0.25) is 0 Å². The summed E-state index contributed by atoms with van der Waals surface area (Å²) in [7, 11) is 0. The minimum Gasteiger partial charge on any atom is -0.378 e. The second-order valence-electron chi connectivity index (χ2n) is 5.44. The van der Waals surface area contributed by atoms with Crippen LogP contribution >= 0.6 is 0 Å². The highest BCUT2D eigenvalue weighted by Gasteiger charge is 2.40. The van der Waals surface area contributed by atoms with Gasteiger partial charge in [-0.15, -0.1) is 0 Å². The molecule has 0 aromatic carbocycles. The van der Waals surface area contributed by atoms with Gasteiger partial charge in [-0.1, -0.05) is 25.7 Å². The molecule has 0 aliphatic heterocycles. The number of rotatable bonds is 5. The maximum absolute atomic E-state index is 5.99. The van der Waals surface area contributed by atoms with E-state index < -0.39 is 0 Å². The van der Waals surface area contributed by atoms with E-state index in [0.29, 0.717) is 11.5 Å². The third kappa shape index (κ3) is 3.46. The van der Waals surface area contributed by atoms with Crippen molar-refractivity contribution in [3.05, 3.63) is 0 Å². The number of hydrogen-bond donors (Lipinski definition) is 1. The molecule has 0 amide bonds. The SMILES string of the molecule is NCC1(CCOC2CCCCCC2)CC1. The van der Waals surface area contributed by atoms with Gasteiger partial charge in [0.05, 0.1) is 6.10 Å². The molecule has 2 nitrogen and oxygen atoms in total. The lowest BCUT2D eigenvalue weighted by atomic mass is 10.0. The van der Waals surface area contributed by atoms with Crippen molar-refractivity contribution in [2.24, 2.45) is 11.1 Å². The van der Waals surface area contributed by atoms with Gasteiger partial charge in [0.2, 0.25) is 0 Å². The average molecular weight is 211 g/mol. The first-order chi connectivity index (χ1) is 7.35. The largest absolute Gasteiger partial charge is 0.378 e. The molecule has 0 saturated heterocycles. The Bertz CT molecular complexity index is 181. The monoisotopic (exact) mass is 211 g/mol. The zero-order valence-corrected chi connectivity index (χ0v) is 9.84. The van der Waals surface area contributed by atoms with E-state index >= 15 is 0 Å². The molecule has 0 atom stereocenters. The van der Waals surface area contributed by atoms with Crippen LogP contribution in [0.1, 0.15) is 57.8 Å². The molecule has 2 N–H and O–H groups in total. The fourth-order valence-electron chi connectivity index (χ4n) is 2.58. The van der Waals surface area contributed by atoms with E-state index in [4.69, 9.17) is 10.5 Å². The average Bonchev–Trinajstić information content (AvgIpc) is 3.03. The van der Waals surface area contributed by atoms with Gasteiger partial charge in [-0.05, 0) is 44.1 Å². The van der Waals surface area contributed by atoms with E-state index in [0.717, 1.165) is 13.2 Å². The highest BCUT2D eigenvalue weighted by molar-refractivity contribution is 4.93. The first-order valence-corrected chi connectivity index (χ1v) is 6.66. The Hall–Kier alpha value is -0.0800. The van der Waals surface area contributed by atoms with Crippen molar-refractivity contribution >= 4 is 0 Å². The lowest BCUT2D eigenvalue weighted by Crippen LogP contribution is -2.20. The standard InChI is InChI=1S/C13H25NO/c14-11-13(7-8-13)9-10-15-12-5-3-1-2-4-6-12/h12H,1-11,14H2. The van der Waals surface area contributed by atoms with E-state index in [9.17, 15) is 0 Å². The van der Waals surface area contributed by atoms with Crippen molar-refractivity contribution in [1.29, 1.82) is 0 Å². The van der Waals surface area contributed by atoms with E-state index in [1.165, 1.54) is 57.8 Å². The summed E-state index contributed by atoms with van der Waals surface area (Å²) >= 11 is 0. The second-order valence-corrected chi connectivity index (χ2v) is 5.44. The zero-order chi connectivity index (χ0) is 10.6. The van der Waals surface area contributed by atoms with Crippen molar-refractivity contribution in [3.63, 3.8) is 0 Å². The summed E-state index contributed by atoms with van der Waals surface area (Å²) in [6.45, 7) is 1.81. The fraction of sp³-hybridized carbons (Fsp3) is 1.00.